The van der Waals surface area contributed by atoms with Crippen LogP contribution in [0.4, 0.5) is 4.39 Å². The zero-order chi connectivity index (χ0) is 13.9. The first kappa shape index (κ1) is 14.1. The largest absolute Gasteiger partial charge is 0.478 e. The Balaban J connectivity index is 3.03. The number of hydrogen-bond acceptors (Lipinski definition) is 5. The number of carboxylic acid groups (broad SMARTS) is 1. The lowest BCUT2D eigenvalue weighted by Crippen LogP contribution is -2.29. The molecule has 0 radical (unpaired) electrons. The zero-order valence-corrected chi connectivity index (χ0v) is 9.33. The zero-order valence-electron chi connectivity index (χ0n) is 9.33. The molecule has 6 nitrogen and oxygen atoms in total. The van der Waals surface area contributed by atoms with E-state index in [0.29, 0.717) is 6.07 Å². The van der Waals surface area contributed by atoms with E-state index in [1.807, 2.05) is 0 Å². The molecule has 0 aliphatic rings. The second-order valence-corrected chi connectivity index (χ2v) is 3.45. The van der Waals surface area contributed by atoms with Gasteiger partial charge in [0.15, 0.2) is 6.10 Å². The number of aromatic carboxylic acids is 1. The van der Waals surface area contributed by atoms with E-state index in [-0.39, 0.29) is 5.56 Å². The van der Waals surface area contributed by atoms with Crippen molar-refractivity contribution in [3.63, 3.8) is 0 Å². The number of ether oxygens (including phenoxy) is 1. The molecule has 0 aliphatic heterocycles. The maximum Gasteiger partial charge on any atom is 0.337 e. The number of carboxylic acids is 1. The van der Waals surface area contributed by atoms with Crippen molar-refractivity contribution in [1.29, 1.82) is 0 Å². The van der Waals surface area contributed by atoms with Crippen LogP contribution in [0.1, 0.15) is 22.0 Å². The van der Waals surface area contributed by atoms with Gasteiger partial charge in [-0.05, 0) is 12.1 Å². The number of methoxy groups -OCH3 is 1. The highest BCUT2D eigenvalue weighted by atomic mass is 19.1. The first-order valence-corrected chi connectivity index (χ1v) is 4.85. The van der Waals surface area contributed by atoms with Crippen molar-refractivity contribution >= 4 is 11.9 Å². The SMILES string of the molecule is COC(=O)C(O)C(O)c1ccc(C(=O)O)cc1F. The number of esters is 1. The summed E-state index contributed by atoms with van der Waals surface area (Å²) < 4.78 is 17.7. The van der Waals surface area contributed by atoms with Crippen molar-refractivity contribution in [2.45, 2.75) is 12.2 Å². The Kier molecular flexibility index (Phi) is 4.35. The van der Waals surface area contributed by atoms with Gasteiger partial charge in [0, 0.05) is 5.56 Å². The maximum atomic E-state index is 13.5. The van der Waals surface area contributed by atoms with Crippen LogP contribution in [0.2, 0.25) is 0 Å². The van der Waals surface area contributed by atoms with E-state index in [1.54, 1.807) is 0 Å². The van der Waals surface area contributed by atoms with Gasteiger partial charge >= 0.3 is 11.9 Å². The Bertz CT molecular complexity index is 473. The second-order valence-electron chi connectivity index (χ2n) is 3.45. The molecular weight excluding hydrogens is 247 g/mol. The topological polar surface area (TPSA) is 104 Å². The Labute approximate surface area is 101 Å². The van der Waals surface area contributed by atoms with E-state index in [0.717, 1.165) is 19.2 Å². The van der Waals surface area contributed by atoms with Crippen LogP contribution in [0, 0.1) is 5.82 Å². The van der Waals surface area contributed by atoms with Crippen molar-refractivity contribution in [2.24, 2.45) is 0 Å². The molecule has 7 heteroatoms. The Morgan fingerprint density at radius 3 is 2.39 bits per heavy atom. The van der Waals surface area contributed by atoms with E-state index in [9.17, 15) is 24.2 Å². The van der Waals surface area contributed by atoms with E-state index < -0.39 is 35.5 Å². The molecular formula is C11H11FO6. The number of halogens is 1. The predicted molar refractivity (Wildman–Crippen MR) is 56.3 cm³/mol. The summed E-state index contributed by atoms with van der Waals surface area (Å²) in [6.45, 7) is 0. The highest BCUT2D eigenvalue weighted by Gasteiger charge is 2.28. The third kappa shape index (κ3) is 2.82. The number of hydrogen-bond donors (Lipinski definition) is 3. The van der Waals surface area contributed by atoms with Gasteiger partial charge < -0.3 is 20.1 Å². The highest BCUT2D eigenvalue weighted by molar-refractivity contribution is 5.87. The Morgan fingerprint density at radius 2 is 1.94 bits per heavy atom. The van der Waals surface area contributed by atoms with Gasteiger partial charge in [-0.15, -0.1) is 0 Å². The number of carbonyl (C=O) groups is 2. The van der Waals surface area contributed by atoms with E-state index in [4.69, 9.17) is 5.11 Å². The van der Waals surface area contributed by atoms with Crippen molar-refractivity contribution in [3.05, 3.63) is 35.1 Å². The van der Waals surface area contributed by atoms with Gasteiger partial charge in [0.25, 0.3) is 0 Å². The average molecular weight is 258 g/mol. The van der Waals surface area contributed by atoms with Crippen LogP contribution < -0.4 is 0 Å². The molecule has 0 heterocycles. The quantitative estimate of drug-likeness (QED) is 0.661. The lowest BCUT2D eigenvalue weighted by Gasteiger charge is -2.16. The van der Waals surface area contributed by atoms with Crippen molar-refractivity contribution in [3.8, 4) is 0 Å². The van der Waals surface area contributed by atoms with E-state index in [1.165, 1.54) is 0 Å². The smallest absolute Gasteiger partial charge is 0.337 e. The Morgan fingerprint density at radius 1 is 1.33 bits per heavy atom. The van der Waals surface area contributed by atoms with Gasteiger partial charge in [0.05, 0.1) is 12.7 Å². The molecule has 0 bridgehead atoms. The molecule has 1 aromatic rings. The number of aliphatic hydroxyl groups excluding tert-OH is 2. The molecule has 0 spiro atoms. The van der Waals surface area contributed by atoms with Gasteiger partial charge in [-0.1, -0.05) is 6.07 Å². The summed E-state index contributed by atoms with van der Waals surface area (Å²) in [5, 5.41) is 27.5. The third-order valence-electron chi connectivity index (χ3n) is 2.31. The number of carbonyl (C=O) groups excluding carboxylic acids is 1. The molecule has 0 aliphatic carbocycles. The van der Waals surface area contributed by atoms with Crippen molar-refractivity contribution < 1.29 is 34.0 Å². The molecule has 0 saturated carbocycles. The monoisotopic (exact) mass is 258 g/mol. The van der Waals surface area contributed by atoms with Crippen LogP contribution in [0.5, 0.6) is 0 Å². The summed E-state index contributed by atoms with van der Waals surface area (Å²) in [6, 6.07) is 2.72. The summed E-state index contributed by atoms with van der Waals surface area (Å²) in [5.74, 6) is -3.49. The first-order valence-electron chi connectivity index (χ1n) is 4.85. The lowest BCUT2D eigenvalue weighted by atomic mass is 10.0. The predicted octanol–water partition coefficient (Wildman–Crippen LogP) is 0.0912. The minimum absolute atomic E-state index is 0.309. The summed E-state index contributed by atoms with van der Waals surface area (Å²) in [7, 11) is 1.00. The van der Waals surface area contributed by atoms with Crippen molar-refractivity contribution in [1.82, 2.24) is 0 Å². The fourth-order valence-corrected chi connectivity index (χ4v) is 1.32. The minimum atomic E-state index is -1.94. The highest BCUT2D eigenvalue weighted by Crippen LogP contribution is 2.22. The van der Waals surface area contributed by atoms with Crippen LogP contribution in [-0.4, -0.2) is 40.5 Å². The van der Waals surface area contributed by atoms with Crippen molar-refractivity contribution in [2.75, 3.05) is 7.11 Å². The van der Waals surface area contributed by atoms with E-state index in [2.05, 4.69) is 4.74 Å². The van der Waals surface area contributed by atoms with Gasteiger partial charge in [-0.3, -0.25) is 0 Å². The van der Waals surface area contributed by atoms with Gasteiger partial charge in [-0.2, -0.15) is 0 Å². The Hall–Kier alpha value is -1.99. The molecule has 0 saturated heterocycles. The number of aliphatic hydroxyl groups is 2. The van der Waals surface area contributed by atoms with Gasteiger partial charge in [-0.25, -0.2) is 14.0 Å². The molecule has 3 N–H and O–H groups in total. The minimum Gasteiger partial charge on any atom is -0.478 e. The molecule has 0 amide bonds. The average Bonchev–Trinajstić information content (AvgIpc) is 2.35. The molecule has 18 heavy (non-hydrogen) atoms. The van der Waals surface area contributed by atoms with Crippen LogP contribution in [-0.2, 0) is 9.53 Å². The van der Waals surface area contributed by atoms with E-state index >= 15 is 0 Å². The maximum absolute atomic E-state index is 13.5. The molecule has 0 aromatic heterocycles. The molecule has 2 atom stereocenters. The van der Waals surface area contributed by atoms with Crippen LogP contribution in [0.25, 0.3) is 0 Å². The first-order chi connectivity index (χ1) is 8.38. The van der Waals surface area contributed by atoms with Crippen LogP contribution in [0.15, 0.2) is 18.2 Å². The summed E-state index contributed by atoms with van der Waals surface area (Å²) in [6.07, 6.45) is -3.78. The van der Waals surface area contributed by atoms with Crippen LogP contribution in [0.3, 0.4) is 0 Å². The molecule has 98 valence electrons. The fourth-order valence-electron chi connectivity index (χ4n) is 1.32. The number of benzene rings is 1. The number of rotatable bonds is 4. The summed E-state index contributed by atoms with van der Waals surface area (Å²) in [5.41, 5.74) is -0.700. The fraction of sp³-hybridized carbons (Fsp3) is 0.273. The molecule has 2 unspecified atom stereocenters. The third-order valence-corrected chi connectivity index (χ3v) is 2.31. The summed E-state index contributed by atoms with van der Waals surface area (Å²) >= 11 is 0. The molecule has 1 aromatic carbocycles. The van der Waals surface area contributed by atoms with Gasteiger partial charge in [0.2, 0.25) is 0 Å². The standard InChI is InChI=1S/C11H11FO6/c1-18-11(17)9(14)8(13)6-3-2-5(10(15)16)4-7(6)12/h2-4,8-9,13-14H,1H3,(H,15,16). The van der Waals surface area contributed by atoms with Crippen LogP contribution >= 0.6 is 0 Å². The van der Waals surface area contributed by atoms with Gasteiger partial charge in [0.1, 0.15) is 11.9 Å². The second kappa shape index (κ2) is 5.56. The molecule has 0 fully saturated rings. The summed E-state index contributed by atoms with van der Waals surface area (Å²) in [4.78, 5) is 21.5. The lowest BCUT2D eigenvalue weighted by molar-refractivity contribution is -0.156. The normalized spacial score (nSPS) is 13.8. The molecule has 1 rings (SSSR count).